The summed E-state index contributed by atoms with van der Waals surface area (Å²) < 4.78 is 0. The first kappa shape index (κ1) is 18.2. The molecule has 0 spiro atoms. The Labute approximate surface area is 168 Å². The summed E-state index contributed by atoms with van der Waals surface area (Å²) in [7, 11) is 0. The van der Waals surface area contributed by atoms with Crippen molar-refractivity contribution in [2.24, 2.45) is 0 Å². The molecule has 5 heteroatoms. The molecule has 2 aromatic heterocycles. The maximum atomic E-state index is 6.26. The molecular weight excluding hydrogens is 374 g/mol. The molecule has 4 rings (SSSR count). The zero-order valence-corrected chi connectivity index (χ0v) is 16.6. The Morgan fingerprint density at radius 3 is 2.81 bits per heavy atom. The molecule has 0 unspecified atom stereocenters. The highest BCUT2D eigenvalue weighted by Crippen LogP contribution is 2.28. The minimum Gasteiger partial charge on any atom is -0.358 e. The van der Waals surface area contributed by atoms with Gasteiger partial charge >= 0.3 is 0 Å². The molecule has 2 heterocycles. The van der Waals surface area contributed by atoms with Gasteiger partial charge in [-0.05, 0) is 48.7 Å². The van der Waals surface area contributed by atoms with Crippen molar-refractivity contribution in [3.63, 3.8) is 0 Å². The Hall–Kier alpha value is -2.14. The number of fused-ring (bicyclic) bond motifs is 1. The second kappa shape index (κ2) is 8.70. The minimum atomic E-state index is 0.783. The molecule has 2 N–H and O–H groups in total. The normalized spacial score (nSPS) is 11.3. The SMILES string of the molecule is Clc1ccc2[nH]c(Cc3nccs3)c(CCCNCc3ccccc3)c2c1. The summed E-state index contributed by atoms with van der Waals surface area (Å²) in [6, 6.07) is 16.6. The van der Waals surface area contributed by atoms with Crippen LogP contribution in [-0.4, -0.2) is 16.5 Å². The largest absolute Gasteiger partial charge is 0.358 e. The maximum absolute atomic E-state index is 6.26. The van der Waals surface area contributed by atoms with Crippen molar-refractivity contribution in [1.29, 1.82) is 0 Å². The average molecular weight is 396 g/mol. The number of H-pyrrole nitrogens is 1. The Bertz CT molecular complexity index is 993. The van der Waals surface area contributed by atoms with Gasteiger partial charge in [0.05, 0.1) is 5.01 Å². The molecule has 0 saturated heterocycles. The van der Waals surface area contributed by atoms with Crippen molar-refractivity contribution in [2.75, 3.05) is 6.54 Å². The van der Waals surface area contributed by atoms with Crippen molar-refractivity contribution in [2.45, 2.75) is 25.8 Å². The average Bonchev–Trinajstić information content (AvgIpc) is 3.31. The van der Waals surface area contributed by atoms with Crippen molar-refractivity contribution in [1.82, 2.24) is 15.3 Å². The van der Waals surface area contributed by atoms with Crippen molar-refractivity contribution in [3.05, 3.63) is 87.0 Å². The lowest BCUT2D eigenvalue weighted by Crippen LogP contribution is -2.15. The number of rotatable bonds is 8. The van der Waals surface area contributed by atoms with E-state index >= 15 is 0 Å². The highest BCUT2D eigenvalue weighted by atomic mass is 35.5. The molecule has 4 aromatic rings. The second-order valence-corrected chi connectivity index (χ2v) is 8.06. The van der Waals surface area contributed by atoms with Gasteiger partial charge in [0.25, 0.3) is 0 Å². The molecule has 2 aromatic carbocycles. The van der Waals surface area contributed by atoms with E-state index in [4.69, 9.17) is 11.6 Å². The van der Waals surface area contributed by atoms with Gasteiger partial charge in [-0.15, -0.1) is 11.3 Å². The smallest absolute Gasteiger partial charge is 0.0983 e. The molecule has 0 aliphatic heterocycles. The lowest BCUT2D eigenvalue weighted by molar-refractivity contribution is 0.649. The van der Waals surface area contributed by atoms with Gasteiger partial charge in [-0.1, -0.05) is 41.9 Å². The van der Waals surface area contributed by atoms with Crippen molar-refractivity contribution < 1.29 is 0 Å². The Kier molecular flexibility index (Phi) is 5.87. The monoisotopic (exact) mass is 395 g/mol. The molecule has 0 atom stereocenters. The third-order valence-corrected chi connectivity index (χ3v) is 5.74. The number of nitrogens with one attached hydrogen (secondary N) is 2. The van der Waals surface area contributed by atoms with Gasteiger partial charge in [-0.3, -0.25) is 0 Å². The molecule has 3 nitrogen and oxygen atoms in total. The number of thiazole rings is 1. The summed E-state index contributed by atoms with van der Waals surface area (Å²) in [6.07, 6.45) is 4.81. The van der Waals surface area contributed by atoms with Gasteiger partial charge < -0.3 is 10.3 Å². The van der Waals surface area contributed by atoms with Gasteiger partial charge in [0.15, 0.2) is 0 Å². The molecule has 0 saturated carbocycles. The van der Waals surface area contributed by atoms with Crippen LogP contribution in [0.3, 0.4) is 0 Å². The number of aromatic nitrogens is 2. The fraction of sp³-hybridized carbons (Fsp3) is 0.227. The summed E-state index contributed by atoms with van der Waals surface area (Å²) in [5.41, 5.74) is 5.09. The fourth-order valence-corrected chi connectivity index (χ4v) is 4.22. The van der Waals surface area contributed by atoms with E-state index in [-0.39, 0.29) is 0 Å². The lowest BCUT2D eigenvalue weighted by Gasteiger charge is -2.07. The standard InChI is InChI=1S/C22H22ClN3S/c23-17-8-9-20-19(13-17)18(21(26-20)14-22-25-11-12-27-22)7-4-10-24-15-16-5-2-1-3-6-16/h1-3,5-6,8-9,11-13,24,26H,4,7,10,14-15H2. The van der Waals surface area contributed by atoms with Gasteiger partial charge in [0.2, 0.25) is 0 Å². The first-order valence-corrected chi connectivity index (χ1v) is 10.5. The number of benzene rings is 2. The zero-order chi connectivity index (χ0) is 18.5. The van der Waals surface area contributed by atoms with Crippen LogP contribution in [0, 0.1) is 0 Å². The van der Waals surface area contributed by atoms with Crippen LogP contribution in [0.5, 0.6) is 0 Å². The first-order chi connectivity index (χ1) is 13.3. The highest BCUT2D eigenvalue weighted by Gasteiger charge is 2.13. The summed E-state index contributed by atoms with van der Waals surface area (Å²) in [6.45, 7) is 1.89. The van der Waals surface area contributed by atoms with E-state index in [1.165, 1.54) is 22.2 Å². The van der Waals surface area contributed by atoms with Crippen LogP contribution >= 0.6 is 22.9 Å². The predicted octanol–water partition coefficient (Wildman–Crippen LogP) is 5.59. The molecule has 0 radical (unpaired) electrons. The number of halogens is 1. The van der Waals surface area contributed by atoms with Crippen LogP contribution in [-0.2, 0) is 19.4 Å². The minimum absolute atomic E-state index is 0.783. The zero-order valence-electron chi connectivity index (χ0n) is 15.0. The van der Waals surface area contributed by atoms with Crippen molar-refractivity contribution in [3.8, 4) is 0 Å². The molecule has 0 amide bonds. The van der Waals surface area contributed by atoms with E-state index in [1.54, 1.807) is 11.3 Å². The molecule has 0 fully saturated rings. The number of hydrogen-bond acceptors (Lipinski definition) is 3. The molecule has 27 heavy (non-hydrogen) atoms. The Morgan fingerprint density at radius 2 is 2.00 bits per heavy atom. The molecular formula is C22H22ClN3S. The summed E-state index contributed by atoms with van der Waals surface area (Å²) in [5.74, 6) is 0. The summed E-state index contributed by atoms with van der Waals surface area (Å²) in [4.78, 5) is 8.03. The number of aromatic amines is 1. The van der Waals surface area contributed by atoms with Gasteiger partial charge in [-0.2, -0.15) is 0 Å². The van der Waals surface area contributed by atoms with Gasteiger partial charge in [0, 0.05) is 46.2 Å². The first-order valence-electron chi connectivity index (χ1n) is 9.21. The van der Waals surface area contributed by atoms with E-state index in [0.717, 1.165) is 47.9 Å². The fourth-order valence-electron chi connectivity index (χ4n) is 3.42. The Balaban J connectivity index is 1.45. The van der Waals surface area contributed by atoms with E-state index in [9.17, 15) is 0 Å². The molecule has 0 aliphatic carbocycles. The number of hydrogen-bond donors (Lipinski definition) is 2. The van der Waals surface area contributed by atoms with E-state index in [0.29, 0.717) is 0 Å². The number of nitrogens with zero attached hydrogens (tertiary/aromatic N) is 1. The van der Waals surface area contributed by atoms with Gasteiger partial charge in [-0.25, -0.2) is 4.98 Å². The highest BCUT2D eigenvalue weighted by molar-refractivity contribution is 7.09. The molecule has 0 aliphatic rings. The topological polar surface area (TPSA) is 40.7 Å². The summed E-state index contributed by atoms with van der Waals surface area (Å²) in [5, 5.41) is 8.72. The second-order valence-electron chi connectivity index (χ2n) is 6.64. The van der Waals surface area contributed by atoms with E-state index in [1.807, 2.05) is 17.6 Å². The molecule has 138 valence electrons. The molecule has 0 bridgehead atoms. The third-order valence-electron chi connectivity index (χ3n) is 4.72. The summed E-state index contributed by atoms with van der Waals surface area (Å²) >= 11 is 7.96. The number of aryl methyl sites for hydroxylation is 1. The van der Waals surface area contributed by atoms with Crippen LogP contribution in [0.2, 0.25) is 5.02 Å². The third kappa shape index (κ3) is 4.59. The Morgan fingerprint density at radius 1 is 1.11 bits per heavy atom. The van der Waals surface area contributed by atoms with E-state index < -0.39 is 0 Å². The van der Waals surface area contributed by atoms with E-state index in [2.05, 4.69) is 57.7 Å². The maximum Gasteiger partial charge on any atom is 0.0983 e. The van der Waals surface area contributed by atoms with Crippen LogP contribution in [0.1, 0.15) is 28.2 Å². The van der Waals surface area contributed by atoms with Crippen molar-refractivity contribution >= 4 is 33.8 Å². The van der Waals surface area contributed by atoms with Crippen LogP contribution < -0.4 is 5.32 Å². The lowest BCUT2D eigenvalue weighted by atomic mass is 10.0. The van der Waals surface area contributed by atoms with Gasteiger partial charge in [0.1, 0.15) is 0 Å². The van der Waals surface area contributed by atoms with Crippen LogP contribution in [0.15, 0.2) is 60.1 Å². The van der Waals surface area contributed by atoms with Crippen LogP contribution in [0.4, 0.5) is 0 Å². The predicted molar refractivity (Wildman–Crippen MR) is 115 cm³/mol. The van der Waals surface area contributed by atoms with Crippen LogP contribution in [0.25, 0.3) is 10.9 Å². The quantitative estimate of drug-likeness (QED) is 0.382.